The Bertz CT molecular complexity index is 833. The van der Waals surface area contributed by atoms with E-state index >= 15 is 0 Å². The van der Waals surface area contributed by atoms with Crippen LogP contribution in [0, 0.1) is 0 Å². The van der Waals surface area contributed by atoms with Crippen molar-refractivity contribution in [1.29, 1.82) is 0 Å². The van der Waals surface area contributed by atoms with Crippen LogP contribution in [0.2, 0.25) is 0 Å². The fourth-order valence-electron chi connectivity index (χ4n) is 2.87. The van der Waals surface area contributed by atoms with Crippen molar-refractivity contribution in [3.05, 3.63) is 71.3 Å². The molecule has 0 saturated heterocycles. The molecule has 0 bridgehead atoms. The number of rotatable bonds is 1. The summed E-state index contributed by atoms with van der Waals surface area (Å²) in [5.41, 5.74) is 4.54. The summed E-state index contributed by atoms with van der Waals surface area (Å²) < 4.78 is 5.93. The van der Waals surface area contributed by atoms with Gasteiger partial charge in [0.15, 0.2) is 0 Å². The van der Waals surface area contributed by atoms with Crippen LogP contribution in [0.3, 0.4) is 0 Å². The number of fused-ring (bicyclic) bond motifs is 2. The highest BCUT2D eigenvalue weighted by Crippen LogP contribution is 2.35. The maximum Gasteiger partial charge on any atom is 0.256 e. The topological polar surface area (TPSA) is 38.3 Å². The molecule has 0 spiro atoms. The van der Waals surface area contributed by atoms with Crippen LogP contribution in [0.5, 0.6) is 5.75 Å². The van der Waals surface area contributed by atoms with Gasteiger partial charge in [0.2, 0.25) is 0 Å². The van der Waals surface area contributed by atoms with Crippen LogP contribution in [-0.4, -0.2) is 12.0 Å². The average Bonchev–Trinajstić information content (AvgIpc) is 2.84. The SMILES string of the molecule is CC1Oc2ccccc2C=C1/C=C1\C(=O)Nc2ccccc21. The van der Waals surface area contributed by atoms with Gasteiger partial charge in [0.1, 0.15) is 11.9 Å². The van der Waals surface area contributed by atoms with Gasteiger partial charge in [0, 0.05) is 22.4 Å². The monoisotopic (exact) mass is 289 g/mol. The Morgan fingerprint density at radius 2 is 1.86 bits per heavy atom. The normalized spacial score (nSPS) is 20.8. The summed E-state index contributed by atoms with van der Waals surface area (Å²) in [5.74, 6) is 0.821. The third-order valence-electron chi connectivity index (χ3n) is 4.04. The molecule has 3 heteroatoms. The summed E-state index contributed by atoms with van der Waals surface area (Å²) in [5, 5.41) is 2.90. The van der Waals surface area contributed by atoms with Crippen LogP contribution in [-0.2, 0) is 4.79 Å². The number of benzene rings is 2. The summed E-state index contributed by atoms with van der Waals surface area (Å²) in [7, 11) is 0. The Kier molecular flexibility index (Phi) is 2.86. The van der Waals surface area contributed by atoms with E-state index in [1.807, 2.05) is 61.5 Å². The maximum atomic E-state index is 12.2. The van der Waals surface area contributed by atoms with Crippen molar-refractivity contribution in [2.45, 2.75) is 13.0 Å². The zero-order chi connectivity index (χ0) is 15.1. The van der Waals surface area contributed by atoms with E-state index in [2.05, 4.69) is 11.4 Å². The molecule has 0 fully saturated rings. The number of carbonyl (C=O) groups excluding carboxylic acids is 1. The first-order valence-electron chi connectivity index (χ1n) is 7.32. The van der Waals surface area contributed by atoms with Gasteiger partial charge in [-0.15, -0.1) is 0 Å². The maximum absolute atomic E-state index is 12.2. The molecule has 2 aliphatic rings. The largest absolute Gasteiger partial charge is 0.485 e. The number of ether oxygens (including phenoxy) is 1. The van der Waals surface area contributed by atoms with Gasteiger partial charge in [-0.2, -0.15) is 0 Å². The van der Waals surface area contributed by atoms with E-state index in [9.17, 15) is 4.79 Å². The first kappa shape index (κ1) is 12.9. The molecular formula is C19H15NO2. The fourth-order valence-corrected chi connectivity index (χ4v) is 2.87. The minimum Gasteiger partial charge on any atom is -0.485 e. The van der Waals surface area contributed by atoms with Gasteiger partial charge < -0.3 is 10.1 Å². The van der Waals surface area contributed by atoms with Crippen molar-refractivity contribution < 1.29 is 9.53 Å². The number of nitrogens with one attached hydrogen (secondary N) is 1. The van der Waals surface area contributed by atoms with Gasteiger partial charge >= 0.3 is 0 Å². The molecule has 2 aromatic carbocycles. The molecule has 108 valence electrons. The standard InChI is InChI=1S/C19H15NO2/c1-12-14(10-13-6-2-5-9-18(13)22-12)11-16-15-7-3-4-8-17(15)20-19(16)21/h2-12H,1H3,(H,20,21)/b16-11-. The molecule has 1 atom stereocenters. The third-order valence-corrected chi connectivity index (χ3v) is 4.04. The molecule has 1 amide bonds. The third kappa shape index (κ3) is 2.02. The van der Waals surface area contributed by atoms with Crippen molar-refractivity contribution in [3.63, 3.8) is 0 Å². The quantitative estimate of drug-likeness (QED) is 0.809. The van der Waals surface area contributed by atoms with E-state index in [0.29, 0.717) is 5.57 Å². The number of anilines is 1. The van der Waals surface area contributed by atoms with E-state index in [1.165, 1.54) is 0 Å². The van der Waals surface area contributed by atoms with Crippen LogP contribution >= 0.6 is 0 Å². The Labute approximate surface area is 128 Å². The van der Waals surface area contributed by atoms with Gasteiger partial charge in [0.25, 0.3) is 5.91 Å². The first-order valence-corrected chi connectivity index (χ1v) is 7.32. The molecule has 0 radical (unpaired) electrons. The lowest BCUT2D eigenvalue weighted by Gasteiger charge is -2.23. The summed E-state index contributed by atoms with van der Waals surface area (Å²) in [4.78, 5) is 12.2. The van der Waals surface area contributed by atoms with Crippen LogP contribution in [0.4, 0.5) is 5.69 Å². The lowest BCUT2D eigenvalue weighted by Crippen LogP contribution is -2.18. The molecule has 0 aromatic heterocycles. The molecule has 2 heterocycles. The van der Waals surface area contributed by atoms with Crippen LogP contribution in [0.25, 0.3) is 11.6 Å². The molecular weight excluding hydrogens is 274 g/mol. The lowest BCUT2D eigenvalue weighted by atomic mass is 9.98. The molecule has 22 heavy (non-hydrogen) atoms. The Morgan fingerprint density at radius 3 is 2.77 bits per heavy atom. The molecule has 4 rings (SSSR count). The highest BCUT2D eigenvalue weighted by molar-refractivity contribution is 6.31. The van der Waals surface area contributed by atoms with Gasteiger partial charge in [-0.3, -0.25) is 4.79 Å². The molecule has 1 N–H and O–H groups in total. The highest BCUT2D eigenvalue weighted by atomic mass is 16.5. The Hall–Kier alpha value is -2.81. The number of hydrogen-bond acceptors (Lipinski definition) is 2. The summed E-state index contributed by atoms with van der Waals surface area (Å²) in [6, 6.07) is 15.7. The molecule has 2 aromatic rings. The minimum atomic E-state index is -0.0806. The lowest BCUT2D eigenvalue weighted by molar-refractivity contribution is -0.110. The van der Waals surface area contributed by atoms with Gasteiger partial charge in [-0.1, -0.05) is 36.4 Å². The molecule has 0 saturated carbocycles. The predicted octanol–water partition coefficient (Wildman–Crippen LogP) is 3.89. The van der Waals surface area contributed by atoms with Crippen LogP contribution < -0.4 is 10.1 Å². The van der Waals surface area contributed by atoms with Gasteiger partial charge in [-0.25, -0.2) is 0 Å². The zero-order valence-corrected chi connectivity index (χ0v) is 12.2. The van der Waals surface area contributed by atoms with Gasteiger partial charge in [-0.05, 0) is 36.8 Å². The number of para-hydroxylation sites is 2. The second-order valence-corrected chi connectivity index (χ2v) is 5.50. The highest BCUT2D eigenvalue weighted by Gasteiger charge is 2.25. The van der Waals surface area contributed by atoms with E-state index in [0.717, 1.165) is 28.1 Å². The molecule has 3 nitrogen and oxygen atoms in total. The van der Waals surface area contributed by atoms with E-state index in [1.54, 1.807) is 0 Å². The predicted molar refractivity (Wildman–Crippen MR) is 87.6 cm³/mol. The summed E-state index contributed by atoms with van der Waals surface area (Å²) in [6.45, 7) is 2.00. The summed E-state index contributed by atoms with van der Waals surface area (Å²) >= 11 is 0. The zero-order valence-electron chi connectivity index (χ0n) is 12.2. The van der Waals surface area contributed by atoms with Crippen LogP contribution in [0.1, 0.15) is 18.1 Å². The summed E-state index contributed by atoms with van der Waals surface area (Å²) in [6.07, 6.45) is 3.94. The second-order valence-electron chi connectivity index (χ2n) is 5.50. The molecule has 0 aliphatic carbocycles. The Balaban J connectivity index is 1.80. The van der Waals surface area contributed by atoms with Crippen LogP contribution in [0.15, 0.2) is 60.2 Å². The van der Waals surface area contributed by atoms with E-state index in [4.69, 9.17) is 4.74 Å². The first-order chi connectivity index (χ1) is 10.7. The van der Waals surface area contributed by atoms with Crippen molar-refractivity contribution in [3.8, 4) is 5.75 Å². The molecule has 1 unspecified atom stereocenters. The van der Waals surface area contributed by atoms with Crippen molar-refractivity contribution in [2.75, 3.05) is 5.32 Å². The second kappa shape index (κ2) is 4.88. The number of hydrogen-bond donors (Lipinski definition) is 1. The number of carbonyl (C=O) groups is 1. The van der Waals surface area contributed by atoms with Crippen molar-refractivity contribution in [2.24, 2.45) is 0 Å². The smallest absolute Gasteiger partial charge is 0.256 e. The van der Waals surface area contributed by atoms with E-state index < -0.39 is 0 Å². The average molecular weight is 289 g/mol. The van der Waals surface area contributed by atoms with Crippen molar-refractivity contribution >= 4 is 23.2 Å². The number of amides is 1. The minimum absolute atomic E-state index is 0.0619. The Morgan fingerprint density at radius 1 is 1.09 bits per heavy atom. The van der Waals surface area contributed by atoms with E-state index in [-0.39, 0.29) is 12.0 Å². The fraction of sp³-hybridized carbons (Fsp3) is 0.105. The van der Waals surface area contributed by atoms with Crippen molar-refractivity contribution in [1.82, 2.24) is 0 Å². The van der Waals surface area contributed by atoms with Gasteiger partial charge in [0.05, 0.1) is 0 Å². The molecule has 2 aliphatic heterocycles.